The Morgan fingerprint density at radius 1 is 1.00 bits per heavy atom. The lowest BCUT2D eigenvalue weighted by molar-refractivity contribution is 0.0130. The van der Waals surface area contributed by atoms with Gasteiger partial charge in [-0.25, -0.2) is 0 Å². The molecule has 1 nitrogen and oxygen atoms in total. The summed E-state index contributed by atoms with van der Waals surface area (Å²) in [6.45, 7) is 9.24. The SMILES string of the molecule is Cc1ccc(C(CC(C)(C)C)OCc2ccc(Cl)cc2)c(Cl)c1. The van der Waals surface area contributed by atoms with Crippen LogP contribution in [0.5, 0.6) is 0 Å². The van der Waals surface area contributed by atoms with E-state index in [2.05, 4.69) is 32.9 Å². The van der Waals surface area contributed by atoms with Crippen LogP contribution in [-0.2, 0) is 11.3 Å². The molecule has 23 heavy (non-hydrogen) atoms. The number of rotatable bonds is 5. The molecule has 0 saturated heterocycles. The Morgan fingerprint density at radius 2 is 1.65 bits per heavy atom. The fourth-order valence-corrected chi connectivity index (χ4v) is 2.97. The fraction of sp³-hybridized carbons (Fsp3) is 0.400. The number of ether oxygens (including phenoxy) is 1. The van der Waals surface area contributed by atoms with Crippen molar-refractivity contribution in [3.63, 3.8) is 0 Å². The molecular weight excluding hydrogens is 327 g/mol. The van der Waals surface area contributed by atoms with Crippen LogP contribution < -0.4 is 0 Å². The molecule has 2 aromatic rings. The molecule has 3 heteroatoms. The minimum absolute atomic E-state index is 0.0289. The zero-order valence-corrected chi connectivity index (χ0v) is 15.7. The van der Waals surface area contributed by atoms with E-state index in [1.807, 2.05) is 37.3 Å². The minimum atomic E-state index is -0.0289. The van der Waals surface area contributed by atoms with Crippen molar-refractivity contribution in [1.82, 2.24) is 0 Å². The van der Waals surface area contributed by atoms with Crippen LogP contribution in [0.25, 0.3) is 0 Å². The molecule has 0 spiro atoms. The Hall–Kier alpha value is -1.02. The van der Waals surface area contributed by atoms with Crippen LogP contribution in [0.2, 0.25) is 10.0 Å². The molecule has 0 bridgehead atoms. The summed E-state index contributed by atoms with van der Waals surface area (Å²) in [5.41, 5.74) is 3.47. The van der Waals surface area contributed by atoms with Crippen molar-refractivity contribution < 1.29 is 4.74 Å². The zero-order valence-electron chi connectivity index (χ0n) is 14.2. The molecular formula is C20H24Cl2O. The van der Waals surface area contributed by atoms with Crippen molar-refractivity contribution in [3.8, 4) is 0 Å². The quantitative estimate of drug-likeness (QED) is 0.564. The van der Waals surface area contributed by atoms with Crippen molar-refractivity contribution in [2.75, 3.05) is 0 Å². The first-order valence-corrected chi connectivity index (χ1v) is 8.62. The Balaban J connectivity index is 2.18. The molecule has 0 aliphatic heterocycles. The first-order valence-electron chi connectivity index (χ1n) is 7.87. The molecule has 0 fully saturated rings. The van der Waals surface area contributed by atoms with Crippen molar-refractivity contribution in [3.05, 3.63) is 69.2 Å². The second kappa shape index (κ2) is 7.70. The monoisotopic (exact) mass is 350 g/mol. The highest BCUT2D eigenvalue weighted by Crippen LogP contribution is 2.36. The standard InChI is InChI=1S/C20H24Cl2O/c1-14-5-10-17(18(22)11-14)19(12-20(2,3)4)23-13-15-6-8-16(21)9-7-15/h5-11,19H,12-13H2,1-4H3. The normalized spacial score (nSPS) is 13.1. The molecule has 0 aliphatic rings. The van der Waals surface area contributed by atoms with Crippen molar-refractivity contribution >= 4 is 23.2 Å². The molecule has 2 rings (SSSR count). The average molecular weight is 351 g/mol. The first kappa shape index (κ1) is 18.3. The number of aryl methyl sites for hydroxylation is 1. The van der Waals surface area contributed by atoms with Gasteiger partial charge in [0.2, 0.25) is 0 Å². The Morgan fingerprint density at radius 3 is 2.22 bits per heavy atom. The predicted octanol–water partition coefficient (Wildman–Crippen LogP) is 7.00. The van der Waals surface area contributed by atoms with E-state index >= 15 is 0 Å². The Bertz CT molecular complexity index is 642. The Kier molecular flexibility index (Phi) is 6.13. The molecule has 0 radical (unpaired) electrons. The van der Waals surface area contributed by atoms with Gasteiger partial charge in [-0.3, -0.25) is 0 Å². The minimum Gasteiger partial charge on any atom is -0.369 e. The maximum Gasteiger partial charge on any atom is 0.0848 e. The van der Waals surface area contributed by atoms with Crippen LogP contribution in [0.1, 0.15) is 50.0 Å². The lowest BCUT2D eigenvalue weighted by Crippen LogP contribution is -2.15. The summed E-state index contributed by atoms with van der Waals surface area (Å²) < 4.78 is 6.22. The summed E-state index contributed by atoms with van der Waals surface area (Å²) in [6, 6.07) is 13.9. The van der Waals surface area contributed by atoms with E-state index in [1.165, 1.54) is 0 Å². The van der Waals surface area contributed by atoms with Gasteiger partial charge in [-0.05, 0) is 53.6 Å². The van der Waals surface area contributed by atoms with Gasteiger partial charge in [0.1, 0.15) is 0 Å². The molecule has 0 amide bonds. The van der Waals surface area contributed by atoms with E-state index < -0.39 is 0 Å². The topological polar surface area (TPSA) is 9.23 Å². The van der Waals surface area contributed by atoms with Crippen molar-refractivity contribution in [2.24, 2.45) is 5.41 Å². The highest BCUT2D eigenvalue weighted by Gasteiger charge is 2.23. The number of benzene rings is 2. The van der Waals surface area contributed by atoms with Crippen LogP contribution in [0, 0.1) is 12.3 Å². The molecule has 124 valence electrons. The molecule has 0 N–H and O–H groups in total. The van der Waals surface area contributed by atoms with Gasteiger partial charge in [-0.1, -0.05) is 68.2 Å². The molecule has 0 aromatic heterocycles. The lowest BCUT2D eigenvalue weighted by atomic mass is 9.86. The fourth-order valence-electron chi connectivity index (χ4n) is 2.49. The van der Waals surface area contributed by atoms with E-state index in [0.29, 0.717) is 6.61 Å². The molecule has 0 saturated carbocycles. The summed E-state index contributed by atoms with van der Waals surface area (Å²) in [5.74, 6) is 0. The highest BCUT2D eigenvalue weighted by molar-refractivity contribution is 6.31. The van der Waals surface area contributed by atoms with Gasteiger partial charge in [0, 0.05) is 10.0 Å². The van der Waals surface area contributed by atoms with Gasteiger partial charge in [0.15, 0.2) is 0 Å². The number of hydrogen-bond acceptors (Lipinski definition) is 1. The van der Waals surface area contributed by atoms with Gasteiger partial charge in [-0.2, -0.15) is 0 Å². The summed E-state index contributed by atoms with van der Waals surface area (Å²) >= 11 is 12.4. The van der Waals surface area contributed by atoms with E-state index in [0.717, 1.165) is 33.2 Å². The maximum absolute atomic E-state index is 6.46. The first-order chi connectivity index (χ1) is 10.7. The summed E-state index contributed by atoms with van der Waals surface area (Å²) in [6.07, 6.45) is 0.877. The largest absolute Gasteiger partial charge is 0.369 e. The third-order valence-electron chi connectivity index (χ3n) is 3.67. The van der Waals surface area contributed by atoms with Gasteiger partial charge < -0.3 is 4.74 Å². The smallest absolute Gasteiger partial charge is 0.0848 e. The van der Waals surface area contributed by atoms with E-state index in [4.69, 9.17) is 27.9 Å². The second-order valence-corrected chi connectivity index (χ2v) is 8.06. The van der Waals surface area contributed by atoms with E-state index in [-0.39, 0.29) is 11.5 Å². The van der Waals surface area contributed by atoms with E-state index in [9.17, 15) is 0 Å². The van der Waals surface area contributed by atoms with Gasteiger partial charge in [-0.15, -0.1) is 0 Å². The number of hydrogen-bond donors (Lipinski definition) is 0. The van der Waals surface area contributed by atoms with Gasteiger partial charge in [0.25, 0.3) is 0 Å². The third-order valence-corrected chi connectivity index (χ3v) is 4.24. The summed E-state index contributed by atoms with van der Waals surface area (Å²) in [5, 5.41) is 1.51. The molecule has 0 aliphatic carbocycles. The predicted molar refractivity (Wildman–Crippen MR) is 99.2 cm³/mol. The van der Waals surface area contributed by atoms with Crippen LogP contribution in [0.4, 0.5) is 0 Å². The molecule has 1 unspecified atom stereocenters. The number of halogens is 2. The maximum atomic E-state index is 6.46. The molecule has 0 heterocycles. The van der Waals surface area contributed by atoms with E-state index in [1.54, 1.807) is 0 Å². The summed E-state index contributed by atoms with van der Waals surface area (Å²) in [4.78, 5) is 0. The second-order valence-electron chi connectivity index (χ2n) is 7.22. The highest BCUT2D eigenvalue weighted by atomic mass is 35.5. The lowest BCUT2D eigenvalue weighted by Gasteiger charge is -2.27. The van der Waals surface area contributed by atoms with Crippen LogP contribution in [0.3, 0.4) is 0 Å². The third kappa shape index (κ3) is 5.84. The average Bonchev–Trinajstić information content (AvgIpc) is 2.44. The van der Waals surface area contributed by atoms with Crippen LogP contribution in [0.15, 0.2) is 42.5 Å². The summed E-state index contributed by atoms with van der Waals surface area (Å²) in [7, 11) is 0. The van der Waals surface area contributed by atoms with Crippen molar-refractivity contribution in [2.45, 2.75) is 46.8 Å². The van der Waals surface area contributed by atoms with Crippen molar-refractivity contribution in [1.29, 1.82) is 0 Å². The Labute approximate surface area is 149 Å². The molecule has 2 aromatic carbocycles. The van der Waals surface area contributed by atoms with Crippen LogP contribution >= 0.6 is 23.2 Å². The van der Waals surface area contributed by atoms with Gasteiger partial charge in [0.05, 0.1) is 12.7 Å². The zero-order chi connectivity index (χ0) is 17.0. The molecule has 1 atom stereocenters. The van der Waals surface area contributed by atoms with Gasteiger partial charge >= 0.3 is 0 Å². The van der Waals surface area contributed by atoms with Crippen LogP contribution in [-0.4, -0.2) is 0 Å².